The van der Waals surface area contributed by atoms with Gasteiger partial charge in [-0.2, -0.15) is 4.98 Å². The minimum absolute atomic E-state index is 0.0817. The number of amides is 1. The van der Waals surface area contributed by atoms with Gasteiger partial charge in [0.15, 0.2) is 17.3 Å². The highest BCUT2D eigenvalue weighted by Crippen LogP contribution is 2.32. The quantitative estimate of drug-likeness (QED) is 0.789. The van der Waals surface area contributed by atoms with Crippen LogP contribution in [0.25, 0.3) is 0 Å². The first-order valence-electron chi connectivity index (χ1n) is 8.78. The zero-order chi connectivity index (χ0) is 18.7. The summed E-state index contributed by atoms with van der Waals surface area (Å²) < 4.78 is 15.9. The van der Waals surface area contributed by atoms with Crippen LogP contribution in [0, 0.1) is 0 Å². The smallest absolute Gasteiger partial charge is 0.231 e. The molecule has 0 fully saturated rings. The van der Waals surface area contributed by atoms with Crippen molar-refractivity contribution in [2.45, 2.75) is 52.0 Å². The van der Waals surface area contributed by atoms with Gasteiger partial charge in [-0.3, -0.25) is 4.79 Å². The molecule has 7 heteroatoms. The van der Waals surface area contributed by atoms with Gasteiger partial charge < -0.3 is 18.9 Å². The molecule has 0 spiro atoms. The Labute approximate surface area is 153 Å². The van der Waals surface area contributed by atoms with Crippen molar-refractivity contribution >= 4 is 5.91 Å². The molecule has 0 N–H and O–H groups in total. The molecule has 0 aliphatic carbocycles. The monoisotopic (exact) mass is 359 g/mol. The lowest BCUT2D eigenvalue weighted by Crippen LogP contribution is -2.26. The number of carbonyl (C=O) groups is 1. The van der Waals surface area contributed by atoms with E-state index in [0.29, 0.717) is 37.5 Å². The predicted molar refractivity (Wildman–Crippen MR) is 95.0 cm³/mol. The van der Waals surface area contributed by atoms with E-state index in [2.05, 4.69) is 10.1 Å². The Morgan fingerprint density at radius 2 is 2.00 bits per heavy atom. The summed E-state index contributed by atoms with van der Waals surface area (Å²) in [7, 11) is 1.80. The molecule has 1 aromatic carbocycles. The second-order valence-electron chi connectivity index (χ2n) is 7.55. The Balaban J connectivity index is 1.46. The van der Waals surface area contributed by atoms with E-state index in [4.69, 9.17) is 14.0 Å². The molecule has 0 unspecified atom stereocenters. The largest absolute Gasteiger partial charge is 0.454 e. The summed E-state index contributed by atoms with van der Waals surface area (Å²) in [6.07, 6.45) is 1.72. The summed E-state index contributed by atoms with van der Waals surface area (Å²) in [5, 5.41) is 4.00. The Hall–Kier alpha value is -2.57. The molecule has 26 heavy (non-hydrogen) atoms. The molecule has 2 aromatic rings. The first kappa shape index (κ1) is 18.2. The summed E-state index contributed by atoms with van der Waals surface area (Å²) >= 11 is 0. The molecular formula is C19H25N3O4. The molecule has 1 amide bonds. The number of hydrogen-bond donors (Lipinski definition) is 0. The number of rotatable bonds is 6. The number of ether oxygens (including phenoxy) is 2. The van der Waals surface area contributed by atoms with Gasteiger partial charge in [-0.25, -0.2) is 0 Å². The summed E-state index contributed by atoms with van der Waals surface area (Å²) in [5.74, 6) is 2.84. The van der Waals surface area contributed by atoms with Crippen molar-refractivity contribution in [3.8, 4) is 11.5 Å². The maximum absolute atomic E-state index is 12.3. The van der Waals surface area contributed by atoms with Crippen LogP contribution in [0.1, 0.15) is 50.9 Å². The zero-order valence-electron chi connectivity index (χ0n) is 15.7. The van der Waals surface area contributed by atoms with E-state index in [1.165, 1.54) is 0 Å². The molecule has 1 aromatic heterocycles. The van der Waals surface area contributed by atoms with E-state index >= 15 is 0 Å². The Bertz CT molecular complexity index is 779. The molecule has 0 radical (unpaired) electrons. The highest BCUT2D eigenvalue weighted by atomic mass is 16.7. The van der Waals surface area contributed by atoms with E-state index in [-0.39, 0.29) is 18.1 Å². The van der Waals surface area contributed by atoms with Gasteiger partial charge in [0.1, 0.15) is 0 Å². The number of fused-ring (bicyclic) bond motifs is 1. The van der Waals surface area contributed by atoms with Gasteiger partial charge >= 0.3 is 0 Å². The third kappa shape index (κ3) is 4.33. The normalized spacial score (nSPS) is 13.1. The average molecular weight is 359 g/mol. The summed E-state index contributed by atoms with van der Waals surface area (Å²) in [6.45, 7) is 6.90. The van der Waals surface area contributed by atoms with Crippen molar-refractivity contribution in [3.05, 3.63) is 35.5 Å². The molecule has 0 bridgehead atoms. The standard InChI is InChI=1S/C19H25N3O4/c1-19(2,3)18-20-16(26-21-18)6-5-7-17(23)22(4)11-13-8-9-14-15(10-13)25-12-24-14/h8-10H,5-7,11-12H2,1-4H3. The number of carbonyl (C=O) groups excluding carboxylic acids is 1. The van der Waals surface area contributed by atoms with Gasteiger partial charge in [-0.1, -0.05) is 32.0 Å². The fourth-order valence-corrected chi connectivity index (χ4v) is 2.64. The fourth-order valence-electron chi connectivity index (χ4n) is 2.64. The van der Waals surface area contributed by atoms with E-state index in [0.717, 1.165) is 17.1 Å². The van der Waals surface area contributed by atoms with Crippen molar-refractivity contribution in [1.82, 2.24) is 15.0 Å². The molecule has 0 atom stereocenters. The van der Waals surface area contributed by atoms with Crippen LogP contribution in [0.5, 0.6) is 11.5 Å². The van der Waals surface area contributed by atoms with Crippen molar-refractivity contribution in [2.75, 3.05) is 13.8 Å². The number of benzene rings is 1. The molecule has 3 rings (SSSR count). The van der Waals surface area contributed by atoms with Crippen LogP contribution < -0.4 is 9.47 Å². The van der Waals surface area contributed by atoms with Crippen molar-refractivity contribution in [3.63, 3.8) is 0 Å². The van der Waals surface area contributed by atoms with Gasteiger partial charge in [-0.05, 0) is 24.1 Å². The lowest BCUT2D eigenvalue weighted by Gasteiger charge is -2.17. The summed E-state index contributed by atoms with van der Waals surface area (Å²) in [4.78, 5) is 18.4. The SMILES string of the molecule is CN(Cc1ccc2c(c1)OCO2)C(=O)CCCc1nc(C(C)(C)C)no1. The predicted octanol–water partition coefficient (Wildman–Crippen LogP) is 3.08. The molecule has 2 heterocycles. The first-order chi connectivity index (χ1) is 12.3. The second kappa shape index (κ2) is 7.35. The Morgan fingerprint density at radius 1 is 1.23 bits per heavy atom. The number of aromatic nitrogens is 2. The van der Waals surface area contributed by atoms with Crippen LogP contribution in [0.15, 0.2) is 22.7 Å². The molecule has 140 valence electrons. The van der Waals surface area contributed by atoms with E-state index in [1.807, 2.05) is 39.0 Å². The van der Waals surface area contributed by atoms with Crippen LogP contribution in [0.3, 0.4) is 0 Å². The van der Waals surface area contributed by atoms with Crippen molar-refractivity contribution in [2.24, 2.45) is 0 Å². The minimum Gasteiger partial charge on any atom is -0.454 e. The number of aryl methyl sites for hydroxylation is 1. The second-order valence-corrected chi connectivity index (χ2v) is 7.55. The van der Waals surface area contributed by atoms with Crippen LogP contribution in [-0.4, -0.2) is 34.8 Å². The fraction of sp³-hybridized carbons (Fsp3) is 0.526. The van der Waals surface area contributed by atoms with Crippen LogP contribution in [0.2, 0.25) is 0 Å². The Morgan fingerprint density at radius 3 is 2.73 bits per heavy atom. The third-order valence-electron chi connectivity index (χ3n) is 4.20. The first-order valence-corrected chi connectivity index (χ1v) is 8.78. The van der Waals surface area contributed by atoms with Crippen LogP contribution in [0.4, 0.5) is 0 Å². The lowest BCUT2D eigenvalue weighted by atomic mass is 9.96. The molecule has 1 aliphatic heterocycles. The van der Waals surface area contributed by atoms with Crippen LogP contribution in [-0.2, 0) is 23.2 Å². The van der Waals surface area contributed by atoms with Gasteiger partial charge in [0.2, 0.25) is 18.6 Å². The minimum atomic E-state index is -0.137. The summed E-state index contributed by atoms with van der Waals surface area (Å²) in [6, 6.07) is 5.74. The van der Waals surface area contributed by atoms with E-state index in [9.17, 15) is 4.79 Å². The molecule has 0 saturated carbocycles. The third-order valence-corrected chi connectivity index (χ3v) is 4.20. The topological polar surface area (TPSA) is 77.7 Å². The zero-order valence-corrected chi connectivity index (χ0v) is 15.7. The lowest BCUT2D eigenvalue weighted by molar-refractivity contribution is -0.130. The van der Waals surface area contributed by atoms with E-state index in [1.54, 1.807) is 11.9 Å². The van der Waals surface area contributed by atoms with Gasteiger partial charge in [0, 0.05) is 31.8 Å². The van der Waals surface area contributed by atoms with Gasteiger partial charge in [-0.15, -0.1) is 0 Å². The highest BCUT2D eigenvalue weighted by molar-refractivity contribution is 5.75. The molecule has 7 nitrogen and oxygen atoms in total. The maximum atomic E-state index is 12.3. The van der Waals surface area contributed by atoms with Crippen LogP contribution >= 0.6 is 0 Å². The van der Waals surface area contributed by atoms with Gasteiger partial charge in [0.25, 0.3) is 0 Å². The maximum Gasteiger partial charge on any atom is 0.231 e. The van der Waals surface area contributed by atoms with Crippen molar-refractivity contribution < 1.29 is 18.8 Å². The number of nitrogens with zero attached hydrogens (tertiary/aromatic N) is 3. The number of hydrogen-bond acceptors (Lipinski definition) is 6. The van der Waals surface area contributed by atoms with Gasteiger partial charge in [0.05, 0.1) is 0 Å². The highest BCUT2D eigenvalue weighted by Gasteiger charge is 2.21. The summed E-state index contributed by atoms with van der Waals surface area (Å²) in [5.41, 5.74) is 0.874. The van der Waals surface area contributed by atoms with Crippen molar-refractivity contribution in [1.29, 1.82) is 0 Å². The molecule has 1 aliphatic rings. The molecular weight excluding hydrogens is 334 g/mol. The average Bonchev–Trinajstić information content (AvgIpc) is 3.22. The molecule has 0 saturated heterocycles. The van der Waals surface area contributed by atoms with E-state index < -0.39 is 0 Å². The Kier molecular flexibility index (Phi) is 5.15.